The van der Waals surface area contributed by atoms with Gasteiger partial charge in [-0.1, -0.05) is 17.7 Å². The average Bonchev–Trinajstić information content (AvgIpc) is 2.16. The number of hydrogen-bond donors (Lipinski definition) is 0. The van der Waals surface area contributed by atoms with Crippen molar-refractivity contribution in [3.05, 3.63) is 34.9 Å². The lowest BCUT2D eigenvalue weighted by molar-refractivity contribution is -0.116. The van der Waals surface area contributed by atoms with Gasteiger partial charge < -0.3 is 4.74 Å². The Morgan fingerprint density at radius 3 is 2.56 bits per heavy atom. The van der Waals surface area contributed by atoms with Crippen LogP contribution in [0.15, 0.2) is 18.2 Å². The molecule has 0 saturated carbocycles. The van der Waals surface area contributed by atoms with Crippen LogP contribution in [-0.4, -0.2) is 18.4 Å². The molecule has 0 aromatic heterocycles. The monoisotopic (exact) mass is 220 g/mol. The van der Waals surface area contributed by atoms with Crippen LogP contribution in [0.2, 0.25) is 0 Å². The van der Waals surface area contributed by atoms with Crippen molar-refractivity contribution in [3.8, 4) is 0 Å². The summed E-state index contributed by atoms with van der Waals surface area (Å²) in [5.41, 5.74) is 2.26. The van der Waals surface area contributed by atoms with E-state index >= 15 is 0 Å². The second kappa shape index (κ2) is 5.45. The molecule has 0 N–H and O–H groups in total. The molecule has 0 radical (unpaired) electrons. The first kappa shape index (κ1) is 12.4. The lowest BCUT2D eigenvalue weighted by Crippen LogP contribution is -2.10. The number of ether oxygens (including phenoxy) is 1. The van der Waals surface area contributed by atoms with E-state index in [9.17, 15) is 9.59 Å². The Hall–Kier alpha value is -1.64. The zero-order valence-electron chi connectivity index (χ0n) is 9.87. The number of carbonyl (C=O) groups is 2. The molecule has 0 spiro atoms. The van der Waals surface area contributed by atoms with Crippen molar-refractivity contribution in [1.29, 1.82) is 0 Å². The maximum Gasteiger partial charge on any atom is 0.338 e. The Morgan fingerprint density at radius 2 is 2.00 bits per heavy atom. The molecule has 1 aromatic rings. The van der Waals surface area contributed by atoms with Crippen LogP contribution in [0, 0.1) is 6.92 Å². The summed E-state index contributed by atoms with van der Waals surface area (Å²) < 4.78 is 4.94. The second-order valence-electron chi connectivity index (χ2n) is 3.76. The molecule has 0 bridgehead atoms. The van der Waals surface area contributed by atoms with E-state index in [1.54, 1.807) is 13.0 Å². The van der Waals surface area contributed by atoms with Crippen LogP contribution in [0.4, 0.5) is 0 Å². The van der Waals surface area contributed by atoms with Crippen molar-refractivity contribution >= 4 is 11.8 Å². The van der Waals surface area contributed by atoms with Crippen molar-refractivity contribution in [2.45, 2.75) is 27.2 Å². The molecule has 16 heavy (non-hydrogen) atoms. The van der Waals surface area contributed by atoms with Gasteiger partial charge in [-0.3, -0.25) is 4.79 Å². The number of rotatable bonds is 4. The second-order valence-corrected chi connectivity index (χ2v) is 3.76. The lowest BCUT2D eigenvalue weighted by Gasteiger charge is -2.08. The van der Waals surface area contributed by atoms with Gasteiger partial charge in [0.05, 0.1) is 12.2 Å². The molecule has 1 aromatic carbocycles. The number of aryl methyl sites for hydroxylation is 1. The van der Waals surface area contributed by atoms with Crippen molar-refractivity contribution in [3.63, 3.8) is 0 Å². The Labute approximate surface area is 95.4 Å². The maximum absolute atomic E-state index is 11.6. The molecule has 0 fully saturated rings. The third-order valence-corrected chi connectivity index (χ3v) is 2.20. The van der Waals surface area contributed by atoms with Gasteiger partial charge in [-0.05, 0) is 32.4 Å². The lowest BCUT2D eigenvalue weighted by atomic mass is 10.0. The smallest absolute Gasteiger partial charge is 0.338 e. The van der Waals surface area contributed by atoms with E-state index in [1.165, 1.54) is 6.92 Å². The molecule has 0 aliphatic heterocycles. The molecule has 0 saturated heterocycles. The van der Waals surface area contributed by atoms with Gasteiger partial charge in [0.2, 0.25) is 0 Å². The zero-order valence-corrected chi connectivity index (χ0v) is 9.87. The van der Waals surface area contributed by atoms with Gasteiger partial charge in [0.1, 0.15) is 5.78 Å². The van der Waals surface area contributed by atoms with Crippen molar-refractivity contribution in [1.82, 2.24) is 0 Å². The summed E-state index contributed by atoms with van der Waals surface area (Å²) in [5.74, 6) is -0.324. The normalized spacial score (nSPS) is 9.94. The van der Waals surface area contributed by atoms with E-state index in [2.05, 4.69) is 0 Å². The largest absolute Gasteiger partial charge is 0.462 e. The van der Waals surface area contributed by atoms with E-state index in [1.807, 2.05) is 19.1 Å². The van der Waals surface area contributed by atoms with Crippen LogP contribution in [-0.2, 0) is 16.0 Å². The number of benzene rings is 1. The third-order valence-electron chi connectivity index (χ3n) is 2.20. The van der Waals surface area contributed by atoms with Gasteiger partial charge in [-0.25, -0.2) is 4.79 Å². The number of hydrogen-bond acceptors (Lipinski definition) is 3. The molecule has 0 unspecified atom stereocenters. The predicted octanol–water partition coefficient (Wildman–Crippen LogP) is 2.30. The molecular weight excluding hydrogens is 204 g/mol. The molecule has 3 heteroatoms. The van der Waals surface area contributed by atoms with Gasteiger partial charge >= 0.3 is 5.97 Å². The summed E-state index contributed by atoms with van der Waals surface area (Å²) in [5, 5.41) is 0. The standard InChI is InChI=1S/C13H16O3/c1-4-16-13(15)12-6-5-9(2)7-11(12)8-10(3)14/h5-7H,4,8H2,1-3H3. The van der Waals surface area contributed by atoms with Gasteiger partial charge in [0, 0.05) is 6.42 Å². The maximum atomic E-state index is 11.6. The molecule has 0 atom stereocenters. The summed E-state index contributed by atoms with van der Waals surface area (Å²) in [6.45, 7) is 5.54. The highest BCUT2D eigenvalue weighted by atomic mass is 16.5. The van der Waals surface area contributed by atoms with Crippen molar-refractivity contribution in [2.24, 2.45) is 0 Å². The number of esters is 1. The van der Waals surface area contributed by atoms with Crippen molar-refractivity contribution < 1.29 is 14.3 Å². The Balaban J connectivity index is 3.06. The van der Waals surface area contributed by atoms with E-state index in [0.29, 0.717) is 12.2 Å². The first-order valence-corrected chi connectivity index (χ1v) is 5.30. The molecule has 0 amide bonds. The minimum atomic E-state index is -0.362. The average molecular weight is 220 g/mol. The fraction of sp³-hybridized carbons (Fsp3) is 0.385. The topological polar surface area (TPSA) is 43.4 Å². The first-order chi connectivity index (χ1) is 7.54. The van der Waals surface area contributed by atoms with Gasteiger partial charge in [0.15, 0.2) is 0 Å². The predicted molar refractivity (Wildman–Crippen MR) is 61.5 cm³/mol. The van der Waals surface area contributed by atoms with Crippen LogP contribution in [0.25, 0.3) is 0 Å². The fourth-order valence-electron chi connectivity index (χ4n) is 1.54. The Kier molecular flexibility index (Phi) is 4.23. The summed E-state index contributed by atoms with van der Waals surface area (Å²) in [4.78, 5) is 22.7. The number of ketones is 1. The molecule has 86 valence electrons. The molecule has 3 nitrogen and oxygen atoms in total. The van der Waals surface area contributed by atoms with E-state index in [0.717, 1.165) is 11.1 Å². The number of carbonyl (C=O) groups excluding carboxylic acids is 2. The van der Waals surface area contributed by atoms with Crippen LogP contribution >= 0.6 is 0 Å². The molecule has 0 aliphatic carbocycles. The van der Waals surface area contributed by atoms with E-state index in [4.69, 9.17) is 4.74 Å². The molecule has 0 aliphatic rings. The SMILES string of the molecule is CCOC(=O)c1ccc(C)cc1CC(C)=O. The Morgan fingerprint density at radius 1 is 1.31 bits per heavy atom. The van der Waals surface area contributed by atoms with Gasteiger partial charge in [-0.15, -0.1) is 0 Å². The molecule has 1 rings (SSSR count). The van der Waals surface area contributed by atoms with Crippen molar-refractivity contribution in [2.75, 3.05) is 6.61 Å². The fourth-order valence-corrected chi connectivity index (χ4v) is 1.54. The summed E-state index contributed by atoms with van der Waals surface area (Å²) in [7, 11) is 0. The highest BCUT2D eigenvalue weighted by Gasteiger charge is 2.13. The van der Waals surface area contributed by atoms with Crippen LogP contribution in [0.3, 0.4) is 0 Å². The van der Waals surface area contributed by atoms with Gasteiger partial charge in [-0.2, -0.15) is 0 Å². The minimum Gasteiger partial charge on any atom is -0.462 e. The summed E-state index contributed by atoms with van der Waals surface area (Å²) in [6, 6.07) is 5.41. The van der Waals surface area contributed by atoms with Crippen LogP contribution < -0.4 is 0 Å². The van der Waals surface area contributed by atoms with Crippen LogP contribution in [0.5, 0.6) is 0 Å². The van der Waals surface area contributed by atoms with E-state index in [-0.39, 0.29) is 18.2 Å². The highest BCUT2D eigenvalue weighted by Crippen LogP contribution is 2.14. The minimum absolute atomic E-state index is 0.0381. The van der Waals surface area contributed by atoms with Crippen LogP contribution in [0.1, 0.15) is 35.3 Å². The Bertz CT molecular complexity index is 408. The molecule has 0 heterocycles. The quantitative estimate of drug-likeness (QED) is 0.731. The summed E-state index contributed by atoms with van der Waals surface area (Å²) >= 11 is 0. The third kappa shape index (κ3) is 3.19. The summed E-state index contributed by atoms with van der Waals surface area (Å²) in [6.07, 6.45) is 0.274. The zero-order chi connectivity index (χ0) is 12.1. The molecular formula is C13H16O3. The highest BCUT2D eigenvalue weighted by molar-refractivity contribution is 5.93. The van der Waals surface area contributed by atoms with Gasteiger partial charge in [0.25, 0.3) is 0 Å². The number of Topliss-reactive ketones (excluding diaryl/α,β-unsaturated/α-hetero) is 1. The first-order valence-electron chi connectivity index (χ1n) is 5.30. The van der Waals surface area contributed by atoms with E-state index < -0.39 is 0 Å².